The minimum absolute atomic E-state index is 0.125. The van der Waals surface area contributed by atoms with Crippen LogP contribution in [0, 0.1) is 5.82 Å². The van der Waals surface area contributed by atoms with Gasteiger partial charge in [-0.1, -0.05) is 35.9 Å². The fraction of sp³-hybridized carbons (Fsp3) is 0.143. The number of tetrazole rings is 1. The zero-order valence-electron chi connectivity index (χ0n) is 16.4. The van der Waals surface area contributed by atoms with Crippen LogP contribution in [-0.2, 0) is 6.54 Å². The van der Waals surface area contributed by atoms with Crippen LogP contribution in [0.3, 0.4) is 0 Å². The molecule has 2 N–H and O–H groups in total. The van der Waals surface area contributed by atoms with E-state index in [4.69, 9.17) is 17.3 Å². The van der Waals surface area contributed by atoms with E-state index < -0.39 is 5.82 Å². The highest BCUT2D eigenvalue weighted by molar-refractivity contribution is 6.30. The van der Waals surface area contributed by atoms with Gasteiger partial charge in [-0.2, -0.15) is 4.68 Å². The van der Waals surface area contributed by atoms with E-state index in [1.807, 2.05) is 32.3 Å². The molecule has 0 amide bonds. The smallest absolute Gasteiger partial charge is 0.190 e. The SMILES string of the molecule is CN(C)Cc1ccc(-c2cnc(N)c(-c3nnnn3-c3cc(Cl)ccc3F)c2)cc1. The van der Waals surface area contributed by atoms with Gasteiger partial charge >= 0.3 is 0 Å². The number of rotatable bonds is 5. The van der Waals surface area contributed by atoms with Crippen molar-refractivity contribution in [1.29, 1.82) is 0 Å². The number of anilines is 1. The number of benzene rings is 2. The molecule has 2 heterocycles. The van der Waals surface area contributed by atoms with Crippen LogP contribution in [0.5, 0.6) is 0 Å². The summed E-state index contributed by atoms with van der Waals surface area (Å²) in [4.78, 5) is 6.40. The van der Waals surface area contributed by atoms with Gasteiger partial charge in [0.05, 0.1) is 5.56 Å². The molecule has 2 aromatic heterocycles. The molecule has 4 rings (SSSR count). The van der Waals surface area contributed by atoms with E-state index in [-0.39, 0.29) is 17.3 Å². The van der Waals surface area contributed by atoms with E-state index in [0.29, 0.717) is 10.6 Å². The number of pyridine rings is 1. The maximum Gasteiger partial charge on any atom is 0.190 e. The summed E-state index contributed by atoms with van der Waals surface area (Å²) in [5, 5.41) is 12.0. The van der Waals surface area contributed by atoms with Crippen molar-refractivity contribution in [3.05, 3.63) is 71.1 Å². The van der Waals surface area contributed by atoms with Gasteiger partial charge in [-0.15, -0.1) is 5.10 Å². The number of aromatic nitrogens is 5. The zero-order chi connectivity index (χ0) is 21.3. The van der Waals surface area contributed by atoms with Gasteiger partial charge in [-0.05, 0) is 59.9 Å². The number of halogens is 2. The third kappa shape index (κ3) is 4.00. The lowest BCUT2D eigenvalue weighted by molar-refractivity contribution is 0.402. The third-order valence-electron chi connectivity index (χ3n) is 4.55. The number of nitrogen functional groups attached to an aromatic ring is 1. The molecule has 9 heteroatoms. The Balaban J connectivity index is 1.75. The van der Waals surface area contributed by atoms with Crippen LogP contribution < -0.4 is 5.73 Å². The van der Waals surface area contributed by atoms with Crippen molar-refractivity contribution in [3.8, 4) is 28.2 Å². The van der Waals surface area contributed by atoms with Gasteiger partial charge in [-0.25, -0.2) is 9.37 Å². The molecule has 2 aromatic carbocycles. The summed E-state index contributed by atoms with van der Waals surface area (Å²) in [7, 11) is 4.05. The fourth-order valence-corrected chi connectivity index (χ4v) is 3.31. The van der Waals surface area contributed by atoms with E-state index in [2.05, 4.69) is 37.5 Å². The predicted molar refractivity (Wildman–Crippen MR) is 115 cm³/mol. The Bertz CT molecular complexity index is 1190. The second-order valence-electron chi connectivity index (χ2n) is 7.10. The first-order valence-electron chi connectivity index (χ1n) is 9.16. The summed E-state index contributed by atoms with van der Waals surface area (Å²) in [5.74, 6) is 0.000764. The van der Waals surface area contributed by atoms with Crippen LogP contribution in [0.2, 0.25) is 5.02 Å². The molecular formula is C21H19ClFN7. The van der Waals surface area contributed by atoms with Crippen LogP contribution in [0.4, 0.5) is 10.2 Å². The number of nitrogens with two attached hydrogens (primary N) is 1. The summed E-state index contributed by atoms with van der Waals surface area (Å²) < 4.78 is 15.6. The second-order valence-corrected chi connectivity index (χ2v) is 7.54. The van der Waals surface area contributed by atoms with Crippen LogP contribution in [0.25, 0.3) is 28.2 Å². The molecule has 7 nitrogen and oxygen atoms in total. The third-order valence-corrected chi connectivity index (χ3v) is 4.79. The fourth-order valence-electron chi connectivity index (χ4n) is 3.15. The lowest BCUT2D eigenvalue weighted by atomic mass is 10.0. The van der Waals surface area contributed by atoms with Crippen molar-refractivity contribution < 1.29 is 4.39 Å². The molecule has 0 bridgehead atoms. The molecule has 0 atom stereocenters. The molecule has 0 fully saturated rings. The molecule has 0 saturated heterocycles. The number of hydrogen-bond donors (Lipinski definition) is 1. The van der Waals surface area contributed by atoms with Gasteiger partial charge in [0.25, 0.3) is 0 Å². The topological polar surface area (TPSA) is 85.8 Å². The molecule has 4 aromatic rings. The van der Waals surface area contributed by atoms with Crippen molar-refractivity contribution in [2.75, 3.05) is 19.8 Å². The standard InChI is InChI=1S/C21H19ClFN7/c1-29(2)12-13-3-5-14(6-4-13)15-9-17(20(24)25-11-15)21-26-27-28-30(21)19-10-16(22)7-8-18(19)23/h3-11H,12H2,1-2H3,(H2,24,25). The van der Waals surface area contributed by atoms with E-state index in [1.54, 1.807) is 6.20 Å². The van der Waals surface area contributed by atoms with Gasteiger partial charge in [0.1, 0.15) is 17.3 Å². The van der Waals surface area contributed by atoms with Crippen molar-refractivity contribution in [1.82, 2.24) is 30.1 Å². The predicted octanol–water partition coefficient (Wildman–Crippen LogP) is 3.83. The Hall–Kier alpha value is -3.36. The first-order chi connectivity index (χ1) is 14.4. The van der Waals surface area contributed by atoms with E-state index >= 15 is 0 Å². The monoisotopic (exact) mass is 423 g/mol. The minimum atomic E-state index is -0.507. The summed E-state index contributed by atoms with van der Waals surface area (Å²) in [6, 6.07) is 14.2. The first-order valence-corrected chi connectivity index (χ1v) is 9.54. The molecule has 0 radical (unpaired) electrons. The minimum Gasteiger partial charge on any atom is -0.383 e. The number of nitrogens with zero attached hydrogens (tertiary/aromatic N) is 6. The number of hydrogen-bond acceptors (Lipinski definition) is 6. The maximum absolute atomic E-state index is 14.4. The maximum atomic E-state index is 14.4. The molecule has 30 heavy (non-hydrogen) atoms. The zero-order valence-corrected chi connectivity index (χ0v) is 17.2. The van der Waals surface area contributed by atoms with E-state index in [0.717, 1.165) is 17.7 Å². The van der Waals surface area contributed by atoms with Gasteiger partial charge in [0, 0.05) is 23.3 Å². The Labute approximate surface area is 177 Å². The van der Waals surface area contributed by atoms with Crippen LogP contribution in [0.1, 0.15) is 5.56 Å². The van der Waals surface area contributed by atoms with Crippen molar-refractivity contribution in [2.45, 2.75) is 6.54 Å². The van der Waals surface area contributed by atoms with Crippen molar-refractivity contribution in [2.24, 2.45) is 0 Å². The molecular weight excluding hydrogens is 405 g/mol. The highest BCUT2D eigenvalue weighted by atomic mass is 35.5. The normalized spacial score (nSPS) is 11.2. The highest BCUT2D eigenvalue weighted by Crippen LogP contribution is 2.30. The lowest BCUT2D eigenvalue weighted by Crippen LogP contribution is -2.10. The average molecular weight is 424 g/mol. The van der Waals surface area contributed by atoms with Gasteiger partial charge < -0.3 is 10.6 Å². The van der Waals surface area contributed by atoms with Gasteiger partial charge in [0.2, 0.25) is 0 Å². The molecule has 0 aliphatic heterocycles. The van der Waals surface area contributed by atoms with Crippen LogP contribution in [0.15, 0.2) is 54.7 Å². The lowest BCUT2D eigenvalue weighted by Gasteiger charge is -2.11. The van der Waals surface area contributed by atoms with E-state index in [9.17, 15) is 4.39 Å². The van der Waals surface area contributed by atoms with Crippen molar-refractivity contribution in [3.63, 3.8) is 0 Å². The summed E-state index contributed by atoms with van der Waals surface area (Å²) in [5.41, 5.74) is 9.74. The largest absolute Gasteiger partial charge is 0.383 e. The van der Waals surface area contributed by atoms with Crippen LogP contribution >= 0.6 is 11.6 Å². The molecule has 0 saturated carbocycles. The molecule has 0 unspecified atom stereocenters. The average Bonchev–Trinajstić information content (AvgIpc) is 3.20. The molecule has 0 spiro atoms. The van der Waals surface area contributed by atoms with Crippen LogP contribution in [-0.4, -0.2) is 44.2 Å². The first kappa shape index (κ1) is 19.9. The second kappa shape index (κ2) is 8.17. The summed E-state index contributed by atoms with van der Waals surface area (Å²) in [6.45, 7) is 0.853. The quantitative estimate of drug-likeness (QED) is 0.525. The van der Waals surface area contributed by atoms with Gasteiger partial charge in [0.15, 0.2) is 5.82 Å². The molecule has 0 aliphatic rings. The Kier molecular flexibility index (Phi) is 5.43. The Morgan fingerprint density at radius 3 is 2.57 bits per heavy atom. The van der Waals surface area contributed by atoms with Crippen molar-refractivity contribution >= 4 is 17.4 Å². The summed E-state index contributed by atoms with van der Waals surface area (Å²) in [6.07, 6.45) is 1.69. The Morgan fingerprint density at radius 1 is 1.07 bits per heavy atom. The van der Waals surface area contributed by atoms with Gasteiger partial charge in [-0.3, -0.25) is 0 Å². The highest BCUT2D eigenvalue weighted by Gasteiger charge is 2.18. The molecule has 152 valence electrons. The Morgan fingerprint density at radius 2 is 1.83 bits per heavy atom. The molecule has 0 aliphatic carbocycles. The van der Waals surface area contributed by atoms with E-state index in [1.165, 1.54) is 28.4 Å². The summed E-state index contributed by atoms with van der Waals surface area (Å²) >= 11 is 6.02.